The van der Waals surface area contributed by atoms with Crippen LogP contribution in [0.2, 0.25) is 0 Å². The molecule has 60 valence electrons. The molecule has 2 amide bonds. The highest BCUT2D eigenvalue weighted by Gasteiger charge is 2.30. The number of carbonyl (C=O) groups is 2. The Hall–Kier alpha value is -2.06. The minimum atomic E-state index is -2.17. The van der Waals surface area contributed by atoms with Gasteiger partial charge in [-0.3, -0.25) is 25.0 Å². The van der Waals surface area contributed by atoms with Gasteiger partial charge in [-0.05, 0) is 0 Å². The number of ether oxygens (including phenoxy) is 1. The highest BCUT2D eigenvalue weighted by atomic mass is 16.8. The fourth-order valence-corrected chi connectivity index (χ4v) is 0.149. The van der Waals surface area contributed by atoms with Crippen LogP contribution in [-0.2, 0) is 4.74 Å². The SMILES string of the molecule is O=C(OC(=O)[N+](=O)[O-])[N+](=O)[O-]. The van der Waals surface area contributed by atoms with Gasteiger partial charge in [-0.1, -0.05) is 0 Å². The van der Waals surface area contributed by atoms with Crippen LogP contribution >= 0.6 is 0 Å². The second kappa shape index (κ2) is 3.20. The van der Waals surface area contributed by atoms with E-state index in [2.05, 4.69) is 4.74 Å². The van der Waals surface area contributed by atoms with E-state index in [4.69, 9.17) is 0 Å². The third kappa shape index (κ3) is 2.84. The molecule has 0 aliphatic heterocycles. The molecule has 11 heavy (non-hydrogen) atoms. The van der Waals surface area contributed by atoms with Gasteiger partial charge >= 0.3 is 12.2 Å². The van der Waals surface area contributed by atoms with Gasteiger partial charge in [-0.15, -0.1) is 0 Å². The molecule has 0 unspecified atom stereocenters. The number of nitrogens with zero attached hydrogens (tertiary/aromatic N) is 2. The zero-order valence-electron chi connectivity index (χ0n) is 4.75. The summed E-state index contributed by atoms with van der Waals surface area (Å²) in [6.45, 7) is 0. The van der Waals surface area contributed by atoms with Crippen molar-refractivity contribution in [3.8, 4) is 0 Å². The van der Waals surface area contributed by atoms with Gasteiger partial charge in [-0.2, -0.15) is 9.59 Å². The summed E-state index contributed by atoms with van der Waals surface area (Å²) in [5, 5.41) is 18.8. The second-order valence-electron chi connectivity index (χ2n) is 1.15. The highest BCUT2D eigenvalue weighted by Crippen LogP contribution is 1.86. The molecular formula is C2N2O7. The number of rotatable bonds is 0. The third-order valence-electron chi connectivity index (χ3n) is 0.473. The summed E-state index contributed by atoms with van der Waals surface area (Å²) in [7, 11) is 0. The van der Waals surface area contributed by atoms with Crippen LogP contribution in [0.25, 0.3) is 0 Å². The molecular weight excluding hydrogens is 164 g/mol. The predicted molar refractivity (Wildman–Crippen MR) is 25.9 cm³/mol. The van der Waals surface area contributed by atoms with E-state index in [1.165, 1.54) is 0 Å². The molecule has 0 bridgehead atoms. The first kappa shape index (κ1) is 8.94. The lowest BCUT2D eigenvalue weighted by atomic mass is 11.1. The molecule has 0 aliphatic rings. The quantitative estimate of drug-likeness (QED) is 0.275. The molecule has 0 aromatic heterocycles. The number of nitro groups is 2. The Bertz CT molecular complexity index is 207. The van der Waals surface area contributed by atoms with Crippen LogP contribution in [0.4, 0.5) is 9.59 Å². The standard InChI is InChI=1S/C2N2O7/c5-1(3(7)8)11-2(6)4(9)10. The van der Waals surface area contributed by atoms with Crippen LogP contribution in [0.5, 0.6) is 0 Å². The van der Waals surface area contributed by atoms with Crippen LogP contribution in [0.15, 0.2) is 0 Å². The van der Waals surface area contributed by atoms with E-state index in [1.54, 1.807) is 0 Å². The van der Waals surface area contributed by atoms with Crippen molar-refractivity contribution in [1.82, 2.24) is 0 Å². The Kier molecular flexibility index (Phi) is 2.60. The number of hydrogen-bond donors (Lipinski definition) is 0. The molecule has 0 fully saturated rings. The van der Waals surface area contributed by atoms with Gasteiger partial charge in [0.1, 0.15) is 9.85 Å². The first-order valence-corrected chi connectivity index (χ1v) is 1.99. The Morgan fingerprint density at radius 3 is 1.45 bits per heavy atom. The molecule has 0 spiro atoms. The summed E-state index contributed by atoms with van der Waals surface area (Å²) in [5.41, 5.74) is 0. The molecule has 0 rings (SSSR count). The molecule has 0 saturated carbocycles. The predicted octanol–water partition coefficient (Wildman–Crippen LogP) is -0.204. The normalized spacial score (nSPS) is 8.36. The lowest BCUT2D eigenvalue weighted by Crippen LogP contribution is -2.22. The Balaban J connectivity index is 4.07. The molecule has 9 nitrogen and oxygen atoms in total. The molecule has 0 N–H and O–H groups in total. The van der Waals surface area contributed by atoms with Crippen molar-refractivity contribution in [1.29, 1.82) is 0 Å². The maximum absolute atomic E-state index is 9.81. The smallest absolute Gasteiger partial charge is 0.272 e. The van der Waals surface area contributed by atoms with Gasteiger partial charge in [-0.25, -0.2) is 0 Å². The van der Waals surface area contributed by atoms with Crippen molar-refractivity contribution < 1.29 is 24.2 Å². The van der Waals surface area contributed by atoms with Crippen molar-refractivity contribution >= 4 is 12.2 Å². The van der Waals surface area contributed by atoms with Crippen molar-refractivity contribution in [3.63, 3.8) is 0 Å². The fourth-order valence-electron chi connectivity index (χ4n) is 0.149. The first-order valence-electron chi connectivity index (χ1n) is 1.99. The Morgan fingerprint density at radius 1 is 1.00 bits per heavy atom. The van der Waals surface area contributed by atoms with Crippen molar-refractivity contribution in [2.45, 2.75) is 0 Å². The molecule has 0 aromatic rings. The molecule has 0 aliphatic carbocycles. The molecule has 0 heterocycles. The lowest BCUT2D eigenvalue weighted by Gasteiger charge is -1.85. The largest absolute Gasteiger partial charge is 0.669 e. The van der Waals surface area contributed by atoms with E-state index >= 15 is 0 Å². The Labute approximate surface area is 57.8 Å². The minimum absolute atomic E-state index is 1.60. The highest BCUT2D eigenvalue weighted by molar-refractivity contribution is 5.74. The van der Waals surface area contributed by atoms with Gasteiger partial charge in [0, 0.05) is 0 Å². The minimum Gasteiger partial charge on any atom is -0.272 e. The lowest BCUT2D eigenvalue weighted by molar-refractivity contribution is -0.421. The van der Waals surface area contributed by atoms with Crippen molar-refractivity contribution in [2.24, 2.45) is 0 Å². The van der Waals surface area contributed by atoms with Gasteiger partial charge in [0.25, 0.3) is 0 Å². The third-order valence-corrected chi connectivity index (χ3v) is 0.473. The van der Waals surface area contributed by atoms with E-state index in [9.17, 15) is 29.8 Å². The maximum Gasteiger partial charge on any atom is 0.669 e. The molecule has 0 radical (unpaired) electrons. The number of carbonyl (C=O) groups excluding carboxylic acids is 2. The summed E-state index contributed by atoms with van der Waals surface area (Å²) >= 11 is 0. The molecule has 0 aromatic carbocycles. The average molecular weight is 164 g/mol. The monoisotopic (exact) mass is 164 g/mol. The molecule has 0 saturated heterocycles. The topological polar surface area (TPSA) is 130 Å². The first-order chi connectivity index (χ1) is 4.95. The van der Waals surface area contributed by atoms with E-state index < -0.39 is 22.0 Å². The summed E-state index contributed by atoms with van der Waals surface area (Å²) in [5.74, 6) is 0. The maximum atomic E-state index is 9.81. The number of hydrogen-bond acceptors (Lipinski definition) is 7. The summed E-state index contributed by atoms with van der Waals surface area (Å²) in [6, 6.07) is 0. The zero-order chi connectivity index (χ0) is 9.02. The van der Waals surface area contributed by atoms with Crippen LogP contribution in [0.1, 0.15) is 0 Å². The van der Waals surface area contributed by atoms with Crippen LogP contribution < -0.4 is 0 Å². The fraction of sp³-hybridized carbons (Fsp3) is 0. The van der Waals surface area contributed by atoms with Gasteiger partial charge in [0.05, 0.1) is 0 Å². The van der Waals surface area contributed by atoms with Crippen LogP contribution in [0.3, 0.4) is 0 Å². The van der Waals surface area contributed by atoms with Gasteiger partial charge in [0.15, 0.2) is 0 Å². The van der Waals surface area contributed by atoms with Crippen LogP contribution in [0, 0.1) is 20.2 Å². The van der Waals surface area contributed by atoms with Crippen LogP contribution in [-0.4, -0.2) is 22.0 Å². The van der Waals surface area contributed by atoms with Gasteiger partial charge < -0.3 is 0 Å². The molecule has 9 heteroatoms. The van der Waals surface area contributed by atoms with E-state index in [-0.39, 0.29) is 0 Å². The number of amides is 2. The summed E-state index contributed by atoms with van der Waals surface area (Å²) in [4.78, 5) is 35.3. The van der Waals surface area contributed by atoms with Crippen molar-refractivity contribution in [2.75, 3.05) is 0 Å². The second-order valence-corrected chi connectivity index (χ2v) is 1.15. The van der Waals surface area contributed by atoms with E-state index in [1.807, 2.05) is 0 Å². The average Bonchev–Trinajstić information content (AvgIpc) is 1.87. The van der Waals surface area contributed by atoms with E-state index in [0.717, 1.165) is 0 Å². The summed E-state index contributed by atoms with van der Waals surface area (Å²) < 4.78 is 3.10. The Morgan fingerprint density at radius 2 is 1.27 bits per heavy atom. The summed E-state index contributed by atoms with van der Waals surface area (Å²) in [6.07, 6.45) is -4.35. The molecule has 0 atom stereocenters. The van der Waals surface area contributed by atoms with E-state index in [0.29, 0.717) is 0 Å². The zero-order valence-corrected chi connectivity index (χ0v) is 4.75. The van der Waals surface area contributed by atoms with Crippen molar-refractivity contribution in [3.05, 3.63) is 20.2 Å². The van der Waals surface area contributed by atoms with Gasteiger partial charge in [0.2, 0.25) is 0 Å².